The number of hydroxylamine groups is 1. The van der Waals surface area contributed by atoms with E-state index >= 15 is 0 Å². The number of rotatable bonds is 8. The van der Waals surface area contributed by atoms with Crippen molar-refractivity contribution in [3.05, 3.63) is 68.9 Å². The SMILES string of the molecule is CC(C)CONC(=O)c1ccc(Nc2ncc(Cl)c(Nc3ccccc3I)n2)cc1. The number of carbonyl (C=O) groups is 1. The van der Waals surface area contributed by atoms with Gasteiger partial charge in [-0.15, -0.1) is 0 Å². The Morgan fingerprint density at radius 1 is 1.13 bits per heavy atom. The van der Waals surface area contributed by atoms with Crippen molar-refractivity contribution >= 4 is 63.2 Å². The summed E-state index contributed by atoms with van der Waals surface area (Å²) < 4.78 is 1.05. The van der Waals surface area contributed by atoms with Crippen LogP contribution in [0.25, 0.3) is 0 Å². The van der Waals surface area contributed by atoms with Crippen molar-refractivity contribution in [2.24, 2.45) is 5.92 Å². The molecule has 0 aliphatic rings. The van der Waals surface area contributed by atoms with E-state index in [1.54, 1.807) is 24.3 Å². The number of benzene rings is 2. The Morgan fingerprint density at radius 3 is 2.57 bits per heavy atom. The maximum absolute atomic E-state index is 12.1. The van der Waals surface area contributed by atoms with Crippen LogP contribution in [0.2, 0.25) is 5.02 Å². The van der Waals surface area contributed by atoms with Gasteiger partial charge in [-0.2, -0.15) is 4.98 Å². The maximum Gasteiger partial charge on any atom is 0.274 e. The van der Waals surface area contributed by atoms with E-state index in [1.807, 2.05) is 38.1 Å². The first-order valence-electron chi connectivity index (χ1n) is 9.25. The molecule has 0 aliphatic carbocycles. The molecule has 0 unspecified atom stereocenters. The number of anilines is 4. The quantitative estimate of drug-likeness (QED) is 0.258. The van der Waals surface area contributed by atoms with E-state index < -0.39 is 0 Å². The summed E-state index contributed by atoms with van der Waals surface area (Å²) in [7, 11) is 0. The van der Waals surface area contributed by atoms with Crippen LogP contribution in [0, 0.1) is 9.49 Å². The van der Waals surface area contributed by atoms with E-state index in [4.69, 9.17) is 16.4 Å². The number of halogens is 2. The van der Waals surface area contributed by atoms with Crippen molar-refractivity contribution in [1.82, 2.24) is 15.4 Å². The minimum Gasteiger partial charge on any atom is -0.338 e. The molecule has 1 heterocycles. The average Bonchev–Trinajstić information content (AvgIpc) is 2.72. The monoisotopic (exact) mass is 537 g/mol. The Hall–Kier alpha value is -2.43. The maximum atomic E-state index is 12.1. The number of nitrogens with one attached hydrogen (secondary N) is 3. The molecule has 0 fully saturated rings. The van der Waals surface area contributed by atoms with Gasteiger partial charge in [0.15, 0.2) is 5.82 Å². The van der Waals surface area contributed by atoms with Crippen molar-refractivity contribution in [2.45, 2.75) is 13.8 Å². The van der Waals surface area contributed by atoms with Crippen LogP contribution in [-0.4, -0.2) is 22.5 Å². The van der Waals surface area contributed by atoms with Gasteiger partial charge in [-0.05, 0) is 64.9 Å². The minimum absolute atomic E-state index is 0.297. The lowest BCUT2D eigenvalue weighted by atomic mass is 10.2. The molecule has 7 nitrogen and oxygen atoms in total. The van der Waals surface area contributed by atoms with E-state index in [0.29, 0.717) is 34.9 Å². The number of aromatic nitrogens is 2. The van der Waals surface area contributed by atoms with Gasteiger partial charge in [-0.1, -0.05) is 37.6 Å². The van der Waals surface area contributed by atoms with Gasteiger partial charge < -0.3 is 10.6 Å². The summed E-state index contributed by atoms with van der Waals surface area (Å²) in [6.07, 6.45) is 1.53. The molecule has 30 heavy (non-hydrogen) atoms. The molecule has 0 saturated carbocycles. The fraction of sp³-hybridized carbons (Fsp3) is 0.190. The molecule has 0 saturated heterocycles. The van der Waals surface area contributed by atoms with Crippen LogP contribution in [0.4, 0.5) is 23.1 Å². The molecule has 1 aromatic heterocycles. The molecular formula is C21H21ClIN5O2. The molecule has 2 aromatic carbocycles. The first-order chi connectivity index (χ1) is 14.4. The molecular weight excluding hydrogens is 517 g/mol. The topological polar surface area (TPSA) is 88.2 Å². The zero-order valence-electron chi connectivity index (χ0n) is 16.4. The van der Waals surface area contributed by atoms with Crippen molar-refractivity contribution in [3.63, 3.8) is 0 Å². The molecule has 0 atom stereocenters. The minimum atomic E-state index is -0.297. The molecule has 3 rings (SSSR count). The second kappa shape index (κ2) is 10.6. The van der Waals surface area contributed by atoms with Crippen molar-refractivity contribution in [3.8, 4) is 0 Å². The standard InChI is InChI=1S/C21H21ClIN5O2/c1-13(2)12-30-28-20(29)14-7-9-15(10-8-14)25-21-24-11-16(22)19(27-21)26-18-6-4-3-5-17(18)23/h3-11,13H,12H2,1-2H3,(H,28,29)(H2,24,25,26,27). The average molecular weight is 538 g/mol. The highest BCUT2D eigenvalue weighted by atomic mass is 127. The summed E-state index contributed by atoms with van der Waals surface area (Å²) in [5.41, 5.74) is 4.56. The molecule has 9 heteroatoms. The molecule has 0 spiro atoms. The fourth-order valence-electron chi connectivity index (χ4n) is 2.37. The predicted molar refractivity (Wildman–Crippen MR) is 127 cm³/mol. The Bertz CT molecular complexity index is 1010. The number of amides is 1. The summed E-state index contributed by atoms with van der Waals surface area (Å²) in [6, 6.07) is 14.7. The van der Waals surface area contributed by atoms with Crippen molar-refractivity contribution < 1.29 is 9.63 Å². The van der Waals surface area contributed by atoms with Gasteiger partial charge in [0.2, 0.25) is 5.95 Å². The van der Waals surface area contributed by atoms with Gasteiger partial charge in [-0.25, -0.2) is 10.5 Å². The highest BCUT2D eigenvalue weighted by Gasteiger charge is 2.09. The zero-order chi connectivity index (χ0) is 21.5. The number of hydrogen-bond acceptors (Lipinski definition) is 6. The van der Waals surface area contributed by atoms with Crippen molar-refractivity contribution in [2.75, 3.05) is 17.2 Å². The smallest absolute Gasteiger partial charge is 0.274 e. The largest absolute Gasteiger partial charge is 0.338 e. The summed E-state index contributed by atoms with van der Waals surface area (Å²) in [5, 5.41) is 6.74. The van der Waals surface area contributed by atoms with Crippen LogP contribution in [0.1, 0.15) is 24.2 Å². The van der Waals surface area contributed by atoms with Gasteiger partial charge in [0.05, 0.1) is 18.5 Å². The first kappa shape index (κ1) is 22.3. The van der Waals surface area contributed by atoms with Crippen LogP contribution in [0.3, 0.4) is 0 Å². The number of nitrogens with zero attached hydrogens (tertiary/aromatic N) is 2. The third kappa shape index (κ3) is 6.28. The summed E-state index contributed by atoms with van der Waals surface area (Å²) >= 11 is 8.48. The van der Waals surface area contributed by atoms with Crippen LogP contribution in [0.15, 0.2) is 54.7 Å². The van der Waals surface area contributed by atoms with Crippen LogP contribution in [0.5, 0.6) is 0 Å². The van der Waals surface area contributed by atoms with Crippen LogP contribution >= 0.6 is 34.2 Å². The highest BCUT2D eigenvalue weighted by Crippen LogP contribution is 2.27. The van der Waals surface area contributed by atoms with Crippen molar-refractivity contribution in [1.29, 1.82) is 0 Å². The highest BCUT2D eigenvalue weighted by molar-refractivity contribution is 14.1. The Balaban J connectivity index is 1.66. The molecule has 0 aliphatic heterocycles. The first-order valence-corrected chi connectivity index (χ1v) is 10.7. The lowest BCUT2D eigenvalue weighted by molar-refractivity contribution is 0.0208. The Kier molecular flexibility index (Phi) is 7.83. The van der Waals surface area contributed by atoms with Crippen LogP contribution < -0.4 is 16.1 Å². The van der Waals surface area contributed by atoms with Gasteiger partial charge in [0, 0.05) is 14.8 Å². The van der Waals surface area contributed by atoms with Gasteiger partial charge >= 0.3 is 0 Å². The number of carbonyl (C=O) groups excluding carboxylic acids is 1. The molecule has 3 aromatic rings. The zero-order valence-corrected chi connectivity index (χ0v) is 19.4. The van der Waals surface area contributed by atoms with Gasteiger partial charge in [0.1, 0.15) is 5.02 Å². The summed E-state index contributed by atoms with van der Waals surface area (Å²) in [6.45, 7) is 4.47. The number of para-hydroxylation sites is 1. The molecule has 156 valence electrons. The third-order valence-corrected chi connectivity index (χ3v) is 5.07. The third-order valence-electron chi connectivity index (χ3n) is 3.86. The van der Waals surface area contributed by atoms with E-state index in [0.717, 1.165) is 14.9 Å². The summed E-state index contributed by atoms with van der Waals surface area (Å²) in [4.78, 5) is 25.9. The van der Waals surface area contributed by atoms with E-state index in [9.17, 15) is 4.79 Å². The predicted octanol–water partition coefficient (Wildman–Crippen LogP) is 5.54. The van der Waals surface area contributed by atoms with Gasteiger partial charge in [0.25, 0.3) is 5.91 Å². The van der Waals surface area contributed by atoms with E-state index in [-0.39, 0.29) is 5.91 Å². The molecule has 1 amide bonds. The van der Waals surface area contributed by atoms with E-state index in [2.05, 4.69) is 48.7 Å². The normalized spacial score (nSPS) is 10.7. The summed E-state index contributed by atoms with van der Waals surface area (Å²) in [5.74, 6) is 0.914. The second-order valence-electron chi connectivity index (χ2n) is 6.83. The molecule has 0 radical (unpaired) electrons. The van der Waals surface area contributed by atoms with Crippen LogP contribution in [-0.2, 0) is 4.84 Å². The number of hydrogen-bond donors (Lipinski definition) is 3. The molecule has 3 N–H and O–H groups in total. The lowest BCUT2D eigenvalue weighted by Crippen LogP contribution is -2.25. The Morgan fingerprint density at radius 2 is 1.87 bits per heavy atom. The Labute approximate surface area is 193 Å². The fourth-order valence-corrected chi connectivity index (χ4v) is 3.03. The van der Waals surface area contributed by atoms with Gasteiger partial charge in [-0.3, -0.25) is 9.63 Å². The lowest BCUT2D eigenvalue weighted by Gasteiger charge is -2.11. The second-order valence-corrected chi connectivity index (χ2v) is 8.40. The van der Waals surface area contributed by atoms with E-state index in [1.165, 1.54) is 6.20 Å². The molecule has 0 bridgehead atoms.